The molecule has 1 aromatic carbocycles. The number of nitrogens with zero attached hydrogens (tertiary/aromatic N) is 2. The minimum atomic E-state index is -0.222. The van der Waals surface area contributed by atoms with Crippen molar-refractivity contribution < 1.29 is 4.39 Å². The Bertz CT molecular complexity index is 638. The summed E-state index contributed by atoms with van der Waals surface area (Å²) in [5, 5.41) is 6.15. The van der Waals surface area contributed by atoms with Crippen molar-refractivity contribution in [1.29, 1.82) is 0 Å². The van der Waals surface area contributed by atoms with Crippen LogP contribution in [0.4, 0.5) is 21.8 Å². The van der Waals surface area contributed by atoms with Crippen LogP contribution in [0.15, 0.2) is 24.3 Å². The van der Waals surface area contributed by atoms with E-state index in [1.165, 1.54) is 18.9 Å². The van der Waals surface area contributed by atoms with Gasteiger partial charge in [-0.15, -0.1) is 0 Å². The van der Waals surface area contributed by atoms with Gasteiger partial charge in [-0.25, -0.2) is 9.37 Å². The molecule has 1 aromatic heterocycles. The summed E-state index contributed by atoms with van der Waals surface area (Å²) in [6.07, 6.45) is 2.36. The average Bonchev–Trinajstić information content (AvgIpc) is 3.28. The fourth-order valence-electron chi connectivity index (χ4n) is 2.11. The number of hydrogen-bond acceptors (Lipinski definition) is 4. The third-order valence-electron chi connectivity index (χ3n) is 3.50. The molecule has 0 amide bonds. The Hall–Kier alpha value is -2.17. The maximum atomic E-state index is 13.6. The first-order chi connectivity index (χ1) is 9.67. The van der Waals surface area contributed by atoms with E-state index in [4.69, 9.17) is 0 Å². The highest BCUT2D eigenvalue weighted by Gasteiger charge is 2.26. The van der Waals surface area contributed by atoms with E-state index in [0.29, 0.717) is 23.2 Å². The van der Waals surface area contributed by atoms with Gasteiger partial charge in [0, 0.05) is 30.3 Å². The van der Waals surface area contributed by atoms with E-state index in [1.54, 1.807) is 20.0 Å². The van der Waals surface area contributed by atoms with Gasteiger partial charge < -0.3 is 10.6 Å². The lowest BCUT2D eigenvalue weighted by Crippen LogP contribution is -2.04. The van der Waals surface area contributed by atoms with Crippen LogP contribution in [0, 0.1) is 12.7 Å². The maximum absolute atomic E-state index is 13.6. The molecule has 0 aliphatic heterocycles. The standard InChI is InChI=1S/C15H17FN4/c1-9-11(16)4-3-5-12(9)18-14-8-13(10-6-7-10)19-15(17-2)20-14/h3-5,8,10H,6-7H2,1-2H3,(H2,17,18,19,20). The van der Waals surface area contributed by atoms with Gasteiger partial charge in [-0.3, -0.25) is 0 Å². The number of hydrogen-bond donors (Lipinski definition) is 2. The molecule has 1 aliphatic rings. The summed E-state index contributed by atoms with van der Waals surface area (Å²) in [6, 6.07) is 6.93. The lowest BCUT2D eigenvalue weighted by atomic mass is 10.2. The van der Waals surface area contributed by atoms with Crippen LogP contribution in [0.1, 0.15) is 30.0 Å². The SMILES string of the molecule is CNc1nc(Nc2cccc(F)c2C)cc(C2CC2)n1. The third kappa shape index (κ3) is 2.57. The molecule has 1 fully saturated rings. The van der Waals surface area contributed by atoms with Crippen LogP contribution < -0.4 is 10.6 Å². The van der Waals surface area contributed by atoms with Gasteiger partial charge in [0.05, 0.1) is 5.69 Å². The van der Waals surface area contributed by atoms with Crippen molar-refractivity contribution in [2.75, 3.05) is 17.7 Å². The quantitative estimate of drug-likeness (QED) is 0.893. The van der Waals surface area contributed by atoms with Crippen LogP contribution in [0.3, 0.4) is 0 Å². The Morgan fingerprint density at radius 2 is 2.05 bits per heavy atom. The number of rotatable bonds is 4. The molecule has 4 nitrogen and oxygen atoms in total. The smallest absolute Gasteiger partial charge is 0.224 e. The summed E-state index contributed by atoms with van der Waals surface area (Å²) >= 11 is 0. The van der Waals surface area contributed by atoms with Gasteiger partial charge in [0.1, 0.15) is 11.6 Å². The topological polar surface area (TPSA) is 49.8 Å². The Balaban J connectivity index is 1.93. The summed E-state index contributed by atoms with van der Waals surface area (Å²) in [4.78, 5) is 8.83. The Kier molecular flexibility index (Phi) is 3.26. The van der Waals surface area contributed by atoms with Crippen LogP contribution in [0.25, 0.3) is 0 Å². The van der Waals surface area contributed by atoms with Crippen LogP contribution in [0.2, 0.25) is 0 Å². The normalized spacial score (nSPS) is 14.2. The van der Waals surface area contributed by atoms with Gasteiger partial charge in [-0.2, -0.15) is 4.98 Å². The van der Waals surface area contributed by atoms with Gasteiger partial charge in [-0.1, -0.05) is 6.07 Å². The molecule has 5 heteroatoms. The number of benzene rings is 1. The summed E-state index contributed by atoms with van der Waals surface area (Å²) in [5.74, 6) is 1.60. The van der Waals surface area contributed by atoms with Crippen molar-refractivity contribution in [3.05, 3.63) is 41.3 Å². The third-order valence-corrected chi connectivity index (χ3v) is 3.50. The average molecular weight is 272 g/mol. The molecule has 1 heterocycles. The van der Waals surface area contributed by atoms with Gasteiger partial charge >= 0.3 is 0 Å². The van der Waals surface area contributed by atoms with E-state index >= 15 is 0 Å². The number of halogens is 1. The summed E-state index contributed by atoms with van der Waals surface area (Å²) in [5.41, 5.74) is 2.36. The lowest BCUT2D eigenvalue weighted by Gasteiger charge is -2.11. The van der Waals surface area contributed by atoms with Crippen LogP contribution in [0.5, 0.6) is 0 Å². The fraction of sp³-hybridized carbons (Fsp3) is 0.333. The van der Waals surface area contributed by atoms with Crippen molar-refractivity contribution in [3.8, 4) is 0 Å². The van der Waals surface area contributed by atoms with E-state index in [2.05, 4.69) is 20.6 Å². The Morgan fingerprint density at radius 1 is 1.25 bits per heavy atom. The number of aromatic nitrogens is 2. The maximum Gasteiger partial charge on any atom is 0.224 e. The zero-order chi connectivity index (χ0) is 14.1. The van der Waals surface area contributed by atoms with E-state index in [1.807, 2.05) is 12.1 Å². The highest BCUT2D eigenvalue weighted by molar-refractivity contribution is 5.61. The summed E-state index contributed by atoms with van der Waals surface area (Å²) in [7, 11) is 1.79. The summed E-state index contributed by atoms with van der Waals surface area (Å²) in [6.45, 7) is 1.75. The van der Waals surface area contributed by atoms with Crippen LogP contribution >= 0.6 is 0 Å². The zero-order valence-electron chi connectivity index (χ0n) is 11.6. The molecule has 0 unspecified atom stereocenters. The van der Waals surface area contributed by atoms with Crippen molar-refractivity contribution >= 4 is 17.5 Å². The van der Waals surface area contributed by atoms with Gasteiger partial charge in [-0.05, 0) is 31.9 Å². The molecule has 0 atom stereocenters. The van der Waals surface area contributed by atoms with Crippen LogP contribution in [-0.2, 0) is 0 Å². The van der Waals surface area contributed by atoms with E-state index in [-0.39, 0.29) is 5.82 Å². The molecule has 104 valence electrons. The van der Waals surface area contributed by atoms with Crippen molar-refractivity contribution in [3.63, 3.8) is 0 Å². The van der Waals surface area contributed by atoms with Crippen molar-refractivity contribution in [2.45, 2.75) is 25.7 Å². The van der Waals surface area contributed by atoms with E-state index < -0.39 is 0 Å². The summed E-state index contributed by atoms with van der Waals surface area (Å²) < 4.78 is 13.6. The zero-order valence-corrected chi connectivity index (χ0v) is 11.6. The number of nitrogens with one attached hydrogen (secondary N) is 2. The molecule has 0 radical (unpaired) electrons. The molecule has 0 saturated heterocycles. The first kappa shape index (κ1) is 12.8. The van der Waals surface area contributed by atoms with Gasteiger partial charge in [0.25, 0.3) is 0 Å². The van der Waals surface area contributed by atoms with Crippen molar-refractivity contribution in [1.82, 2.24) is 9.97 Å². The van der Waals surface area contributed by atoms with Gasteiger partial charge in [0.15, 0.2) is 0 Å². The predicted molar refractivity (Wildman–Crippen MR) is 78.0 cm³/mol. The van der Waals surface area contributed by atoms with E-state index in [0.717, 1.165) is 11.4 Å². The lowest BCUT2D eigenvalue weighted by molar-refractivity contribution is 0.619. The van der Waals surface area contributed by atoms with Crippen molar-refractivity contribution in [2.24, 2.45) is 0 Å². The molecule has 3 rings (SSSR count). The van der Waals surface area contributed by atoms with Crippen LogP contribution in [-0.4, -0.2) is 17.0 Å². The molecule has 1 saturated carbocycles. The Labute approximate surface area is 117 Å². The van der Waals surface area contributed by atoms with Gasteiger partial charge in [0.2, 0.25) is 5.95 Å². The first-order valence-electron chi connectivity index (χ1n) is 6.76. The highest BCUT2D eigenvalue weighted by Crippen LogP contribution is 2.40. The predicted octanol–water partition coefficient (Wildman–Crippen LogP) is 3.59. The highest BCUT2D eigenvalue weighted by atomic mass is 19.1. The Morgan fingerprint density at radius 3 is 2.75 bits per heavy atom. The molecule has 2 N–H and O–H groups in total. The monoisotopic (exact) mass is 272 g/mol. The number of anilines is 3. The minimum absolute atomic E-state index is 0.222. The minimum Gasteiger partial charge on any atom is -0.357 e. The molecule has 0 bridgehead atoms. The molecule has 1 aliphatic carbocycles. The molecular weight excluding hydrogens is 255 g/mol. The second kappa shape index (κ2) is 5.07. The molecule has 0 spiro atoms. The fourth-order valence-corrected chi connectivity index (χ4v) is 2.11. The molecule has 2 aromatic rings. The molecule has 20 heavy (non-hydrogen) atoms. The second-order valence-corrected chi connectivity index (χ2v) is 5.06. The largest absolute Gasteiger partial charge is 0.357 e. The second-order valence-electron chi connectivity index (χ2n) is 5.06. The molecular formula is C15H17FN4. The van der Waals surface area contributed by atoms with E-state index in [9.17, 15) is 4.39 Å². The first-order valence-corrected chi connectivity index (χ1v) is 6.76.